The molecule has 3 heteroatoms. The fourth-order valence-electron chi connectivity index (χ4n) is 5.01. The number of fused-ring (bicyclic) bond motifs is 1. The predicted octanol–water partition coefficient (Wildman–Crippen LogP) is 3.51. The first kappa shape index (κ1) is 16.1. The Morgan fingerprint density at radius 2 is 1.88 bits per heavy atom. The van der Waals surface area contributed by atoms with Gasteiger partial charge < -0.3 is 9.80 Å². The number of carbonyl (C=O) groups is 1. The van der Waals surface area contributed by atoms with Gasteiger partial charge in [-0.05, 0) is 44.3 Å². The van der Waals surface area contributed by atoms with Gasteiger partial charge in [-0.1, -0.05) is 50.1 Å². The highest BCUT2D eigenvalue weighted by molar-refractivity contribution is 5.82. The molecule has 2 aliphatic heterocycles. The summed E-state index contributed by atoms with van der Waals surface area (Å²) in [5, 5.41) is 0. The maximum Gasteiger partial charge on any atom is 0.226 e. The van der Waals surface area contributed by atoms with Crippen LogP contribution < -0.4 is 0 Å². The van der Waals surface area contributed by atoms with E-state index in [4.69, 9.17) is 0 Å². The Hall–Kier alpha value is -1.35. The normalized spacial score (nSPS) is 36.8. The van der Waals surface area contributed by atoms with Gasteiger partial charge in [-0.15, -0.1) is 0 Å². The lowest BCUT2D eigenvalue weighted by atomic mass is 9.87. The van der Waals surface area contributed by atoms with Crippen molar-refractivity contribution >= 4 is 5.91 Å². The number of carbonyl (C=O) groups excluding carboxylic acids is 1. The van der Waals surface area contributed by atoms with E-state index in [9.17, 15) is 4.79 Å². The zero-order valence-corrected chi connectivity index (χ0v) is 15.0. The molecule has 130 valence electrons. The second kappa shape index (κ2) is 6.51. The van der Waals surface area contributed by atoms with Crippen LogP contribution in [-0.4, -0.2) is 47.9 Å². The molecule has 24 heavy (non-hydrogen) atoms. The topological polar surface area (TPSA) is 23.6 Å². The van der Waals surface area contributed by atoms with Crippen LogP contribution >= 0.6 is 0 Å². The number of likely N-dealkylation sites (N-methyl/N-ethyl adjacent to an activating group) is 1. The van der Waals surface area contributed by atoms with Gasteiger partial charge in [0.15, 0.2) is 0 Å². The van der Waals surface area contributed by atoms with Crippen LogP contribution in [0.1, 0.15) is 50.5 Å². The minimum atomic E-state index is 0.302. The summed E-state index contributed by atoms with van der Waals surface area (Å²) in [6.45, 7) is 4.28. The summed E-state index contributed by atoms with van der Waals surface area (Å²) in [4.78, 5) is 17.9. The molecule has 1 saturated carbocycles. The fraction of sp³-hybridized carbons (Fsp3) is 0.667. The molecule has 2 heterocycles. The van der Waals surface area contributed by atoms with Crippen LogP contribution in [0.3, 0.4) is 0 Å². The molecule has 1 amide bonds. The molecule has 1 aromatic carbocycles. The number of benzene rings is 1. The van der Waals surface area contributed by atoms with Crippen LogP contribution in [0, 0.1) is 11.8 Å². The van der Waals surface area contributed by atoms with Gasteiger partial charge in [0, 0.05) is 30.5 Å². The minimum Gasteiger partial charge on any atom is -0.337 e. The van der Waals surface area contributed by atoms with Gasteiger partial charge in [0.1, 0.15) is 0 Å². The van der Waals surface area contributed by atoms with Crippen molar-refractivity contribution in [1.82, 2.24) is 9.80 Å². The Bertz CT molecular complexity index is 587. The molecule has 1 aromatic rings. The average Bonchev–Trinajstić information content (AvgIpc) is 3.19. The van der Waals surface area contributed by atoms with Gasteiger partial charge in [-0.3, -0.25) is 4.79 Å². The van der Waals surface area contributed by atoms with Crippen LogP contribution in [0.4, 0.5) is 0 Å². The van der Waals surface area contributed by atoms with E-state index in [1.54, 1.807) is 0 Å². The third-order valence-electron chi connectivity index (χ3n) is 6.56. The number of rotatable bonds is 2. The smallest absolute Gasteiger partial charge is 0.226 e. The van der Waals surface area contributed by atoms with Crippen molar-refractivity contribution in [2.45, 2.75) is 57.0 Å². The van der Waals surface area contributed by atoms with Gasteiger partial charge in [-0.2, -0.15) is 0 Å². The lowest BCUT2D eigenvalue weighted by Crippen LogP contribution is -2.48. The SMILES string of the molecule is C[C@@H]1C[C@@H]1C(=O)N1C[C@@H](c2ccccc2)[C@H]2[C@H]1CCCCCN2C. The summed E-state index contributed by atoms with van der Waals surface area (Å²) in [6.07, 6.45) is 6.12. The summed E-state index contributed by atoms with van der Waals surface area (Å²) in [5.41, 5.74) is 1.40. The third kappa shape index (κ3) is 2.88. The van der Waals surface area contributed by atoms with Gasteiger partial charge in [0.05, 0.1) is 0 Å². The van der Waals surface area contributed by atoms with Crippen molar-refractivity contribution in [2.24, 2.45) is 11.8 Å². The first-order valence-electron chi connectivity index (χ1n) is 9.72. The van der Waals surface area contributed by atoms with Crippen molar-refractivity contribution in [1.29, 1.82) is 0 Å². The van der Waals surface area contributed by atoms with E-state index in [1.807, 2.05) is 0 Å². The Morgan fingerprint density at radius 3 is 2.58 bits per heavy atom. The van der Waals surface area contributed by atoms with Crippen LogP contribution in [0.25, 0.3) is 0 Å². The lowest BCUT2D eigenvalue weighted by molar-refractivity contribution is -0.134. The maximum absolute atomic E-state index is 13.1. The van der Waals surface area contributed by atoms with Crippen LogP contribution in [0.2, 0.25) is 0 Å². The summed E-state index contributed by atoms with van der Waals surface area (Å²) in [7, 11) is 2.27. The molecule has 3 aliphatic rings. The van der Waals surface area contributed by atoms with Crippen LogP contribution in [-0.2, 0) is 4.79 Å². The summed E-state index contributed by atoms with van der Waals surface area (Å²) in [5.74, 6) is 1.79. The zero-order chi connectivity index (χ0) is 16.7. The Kier molecular flexibility index (Phi) is 4.38. The maximum atomic E-state index is 13.1. The molecule has 4 rings (SSSR count). The molecule has 0 bridgehead atoms. The summed E-state index contributed by atoms with van der Waals surface area (Å²) in [6, 6.07) is 11.8. The molecule has 3 fully saturated rings. The molecule has 0 aromatic heterocycles. The second-order valence-electron chi connectivity index (χ2n) is 8.22. The predicted molar refractivity (Wildman–Crippen MR) is 96.8 cm³/mol. The van der Waals surface area contributed by atoms with E-state index in [2.05, 4.69) is 54.1 Å². The summed E-state index contributed by atoms with van der Waals surface area (Å²) < 4.78 is 0. The Labute approximate surface area is 146 Å². The molecule has 5 atom stereocenters. The Morgan fingerprint density at radius 1 is 1.12 bits per heavy atom. The number of hydrogen-bond acceptors (Lipinski definition) is 2. The zero-order valence-electron chi connectivity index (χ0n) is 15.0. The number of amides is 1. The minimum absolute atomic E-state index is 0.302. The van der Waals surface area contributed by atoms with Crippen molar-refractivity contribution < 1.29 is 4.79 Å². The van der Waals surface area contributed by atoms with E-state index in [0.717, 1.165) is 19.5 Å². The number of likely N-dealkylation sites (tertiary alicyclic amines) is 2. The van der Waals surface area contributed by atoms with E-state index < -0.39 is 0 Å². The second-order valence-corrected chi connectivity index (χ2v) is 8.22. The van der Waals surface area contributed by atoms with Crippen molar-refractivity contribution in [2.75, 3.05) is 20.1 Å². The van der Waals surface area contributed by atoms with E-state index in [-0.39, 0.29) is 0 Å². The van der Waals surface area contributed by atoms with E-state index >= 15 is 0 Å². The van der Waals surface area contributed by atoms with Crippen LogP contribution in [0.15, 0.2) is 30.3 Å². The lowest BCUT2D eigenvalue weighted by Gasteiger charge is -2.37. The summed E-state index contributed by atoms with van der Waals surface area (Å²) >= 11 is 0. The van der Waals surface area contributed by atoms with Gasteiger partial charge in [-0.25, -0.2) is 0 Å². The van der Waals surface area contributed by atoms with Crippen molar-refractivity contribution in [3.05, 3.63) is 35.9 Å². The monoisotopic (exact) mass is 326 g/mol. The molecule has 0 radical (unpaired) electrons. The van der Waals surface area contributed by atoms with Crippen molar-refractivity contribution in [3.63, 3.8) is 0 Å². The third-order valence-corrected chi connectivity index (χ3v) is 6.56. The quantitative estimate of drug-likeness (QED) is 0.830. The van der Waals surface area contributed by atoms with E-state index in [0.29, 0.717) is 35.7 Å². The van der Waals surface area contributed by atoms with Crippen LogP contribution in [0.5, 0.6) is 0 Å². The standard InChI is InChI=1S/C21H30N2O/c1-15-13-17(15)21(24)23-14-18(16-9-5-3-6-10-16)20-19(23)11-7-4-8-12-22(20)2/h3,5-6,9-10,15,17-20H,4,7-8,11-14H2,1-2H3/t15-,17+,18+,19-,20+/m1/s1. The molecule has 1 aliphatic carbocycles. The first-order chi connectivity index (χ1) is 11.7. The largest absolute Gasteiger partial charge is 0.337 e. The molecule has 2 saturated heterocycles. The van der Waals surface area contributed by atoms with Gasteiger partial charge in [0.25, 0.3) is 0 Å². The average molecular weight is 326 g/mol. The number of nitrogens with zero attached hydrogens (tertiary/aromatic N) is 2. The molecular weight excluding hydrogens is 296 g/mol. The highest BCUT2D eigenvalue weighted by atomic mass is 16.2. The molecule has 0 N–H and O–H groups in total. The fourth-order valence-corrected chi connectivity index (χ4v) is 5.01. The molecule has 0 unspecified atom stereocenters. The van der Waals surface area contributed by atoms with Crippen molar-refractivity contribution in [3.8, 4) is 0 Å². The molecule has 0 spiro atoms. The Balaban J connectivity index is 1.65. The van der Waals surface area contributed by atoms with Gasteiger partial charge in [0.2, 0.25) is 5.91 Å². The molecular formula is C21H30N2O. The highest BCUT2D eigenvalue weighted by Gasteiger charge is 2.50. The first-order valence-corrected chi connectivity index (χ1v) is 9.72. The number of hydrogen-bond donors (Lipinski definition) is 0. The van der Waals surface area contributed by atoms with Gasteiger partial charge >= 0.3 is 0 Å². The molecule has 3 nitrogen and oxygen atoms in total. The van der Waals surface area contributed by atoms with E-state index in [1.165, 1.54) is 31.2 Å². The highest BCUT2D eigenvalue weighted by Crippen LogP contribution is 2.44.